The fourth-order valence-electron chi connectivity index (χ4n) is 0.325. The fourth-order valence-corrected chi connectivity index (χ4v) is 0.325. The van der Waals surface area contributed by atoms with Crippen molar-refractivity contribution in [2.24, 2.45) is 5.73 Å². The molecule has 0 saturated carbocycles. The summed E-state index contributed by atoms with van der Waals surface area (Å²) in [7, 11) is 1.72. The Bertz CT molecular complexity index is 190. The van der Waals surface area contributed by atoms with Crippen LogP contribution in [0.2, 0.25) is 0 Å². The van der Waals surface area contributed by atoms with E-state index in [1.54, 1.807) is 19.6 Å². The van der Waals surface area contributed by atoms with Crippen molar-refractivity contribution < 1.29 is 0 Å². The van der Waals surface area contributed by atoms with Crippen molar-refractivity contribution in [1.82, 2.24) is 15.3 Å². The van der Waals surface area contributed by atoms with Crippen LogP contribution >= 0.6 is 0 Å². The molecule has 0 aliphatic rings. The van der Waals surface area contributed by atoms with E-state index in [2.05, 4.69) is 21.9 Å². The monoisotopic (exact) mass is 154 g/mol. The zero-order valence-corrected chi connectivity index (χ0v) is 6.89. The van der Waals surface area contributed by atoms with Crippen molar-refractivity contribution >= 4 is 0 Å². The predicted octanol–water partition coefficient (Wildman–Crippen LogP) is 0.354. The maximum Gasteiger partial charge on any atom is 0.0921 e. The lowest BCUT2D eigenvalue weighted by Crippen LogP contribution is -2.11. The molecule has 11 heavy (non-hydrogen) atoms. The highest BCUT2D eigenvalue weighted by Gasteiger charge is 1.73. The molecule has 1 rings (SSSR count). The van der Waals surface area contributed by atoms with Gasteiger partial charge in [0.05, 0.1) is 12.1 Å². The smallest absolute Gasteiger partial charge is 0.0921 e. The maximum absolute atomic E-state index is 4.99. The Kier molecular flexibility index (Phi) is 4.64. The van der Waals surface area contributed by atoms with Crippen molar-refractivity contribution in [3.8, 4) is 0 Å². The minimum Gasteiger partial charge on any atom is -0.386 e. The topological polar surface area (TPSA) is 66.7 Å². The summed E-state index contributed by atoms with van der Waals surface area (Å²) >= 11 is 0. The standard InChI is InChI=1S/C4H6N2.C3H8N2/c1-4-2-5-3-6-4;1-3(4)5-2/h2-3H,1H3,(H,5,6);5H,1,4H2,2H3. The average Bonchev–Trinajstić information content (AvgIpc) is 2.41. The Hall–Kier alpha value is -1.45. The number of nitrogens with one attached hydrogen (secondary N) is 2. The number of rotatable bonds is 1. The van der Waals surface area contributed by atoms with Crippen LogP contribution in [0, 0.1) is 6.92 Å². The summed E-state index contributed by atoms with van der Waals surface area (Å²) < 4.78 is 0. The first-order valence-electron chi connectivity index (χ1n) is 3.24. The van der Waals surface area contributed by atoms with Gasteiger partial charge in [-0.1, -0.05) is 6.58 Å². The molecule has 1 aromatic rings. The first-order valence-corrected chi connectivity index (χ1v) is 3.24. The molecule has 62 valence electrons. The Morgan fingerprint density at radius 1 is 1.82 bits per heavy atom. The second-order valence-corrected chi connectivity index (χ2v) is 2.01. The Morgan fingerprint density at radius 3 is 2.45 bits per heavy atom. The Morgan fingerprint density at radius 2 is 2.36 bits per heavy atom. The molecular formula is C7H14N4. The predicted molar refractivity (Wildman–Crippen MR) is 45.7 cm³/mol. The summed E-state index contributed by atoms with van der Waals surface area (Å²) in [6, 6.07) is 0. The van der Waals surface area contributed by atoms with Crippen LogP contribution in [0.3, 0.4) is 0 Å². The van der Waals surface area contributed by atoms with Crippen molar-refractivity contribution in [2.45, 2.75) is 6.92 Å². The van der Waals surface area contributed by atoms with Gasteiger partial charge in [-0.2, -0.15) is 0 Å². The van der Waals surface area contributed by atoms with E-state index in [-0.39, 0.29) is 0 Å². The molecule has 4 heteroatoms. The summed E-state index contributed by atoms with van der Waals surface area (Å²) in [5.74, 6) is 0.505. The molecule has 1 heterocycles. The van der Waals surface area contributed by atoms with E-state index in [0.717, 1.165) is 5.69 Å². The van der Waals surface area contributed by atoms with Crippen LogP contribution in [0.1, 0.15) is 5.69 Å². The molecule has 0 amide bonds. The van der Waals surface area contributed by atoms with Crippen molar-refractivity contribution in [2.75, 3.05) is 7.05 Å². The molecule has 0 unspecified atom stereocenters. The van der Waals surface area contributed by atoms with E-state index in [0.29, 0.717) is 5.82 Å². The largest absolute Gasteiger partial charge is 0.386 e. The molecule has 4 nitrogen and oxygen atoms in total. The highest BCUT2D eigenvalue weighted by molar-refractivity contribution is 4.87. The third-order valence-corrected chi connectivity index (χ3v) is 0.956. The van der Waals surface area contributed by atoms with Gasteiger partial charge in [-0.05, 0) is 6.92 Å². The van der Waals surface area contributed by atoms with E-state index in [9.17, 15) is 0 Å². The molecule has 0 atom stereocenters. The number of aromatic amines is 1. The van der Waals surface area contributed by atoms with Gasteiger partial charge in [0.1, 0.15) is 0 Å². The number of nitrogens with two attached hydrogens (primary N) is 1. The third-order valence-electron chi connectivity index (χ3n) is 0.956. The first kappa shape index (κ1) is 9.55. The molecular weight excluding hydrogens is 140 g/mol. The van der Waals surface area contributed by atoms with E-state index in [4.69, 9.17) is 5.73 Å². The zero-order chi connectivity index (χ0) is 8.69. The average molecular weight is 154 g/mol. The van der Waals surface area contributed by atoms with E-state index in [1.807, 2.05) is 6.92 Å². The van der Waals surface area contributed by atoms with E-state index >= 15 is 0 Å². The molecule has 0 bridgehead atoms. The number of H-pyrrole nitrogens is 1. The quantitative estimate of drug-likeness (QED) is 0.547. The normalized spacial score (nSPS) is 7.82. The van der Waals surface area contributed by atoms with Gasteiger partial charge in [0.15, 0.2) is 0 Å². The Balaban J connectivity index is 0.000000187. The van der Waals surface area contributed by atoms with Gasteiger partial charge in [0, 0.05) is 18.9 Å². The van der Waals surface area contributed by atoms with Gasteiger partial charge in [-0.25, -0.2) is 4.98 Å². The van der Waals surface area contributed by atoms with Gasteiger partial charge in [0.2, 0.25) is 0 Å². The van der Waals surface area contributed by atoms with Crippen LogP contribution in [0.25, 0.3) is 0 Å². The van der Waals surface area contributed by atoms with Crippen LogP contribution in [0.15, 0.2) is 24.9 Å². The molecule has 0 fully saturated rings. The summed E-state index contributed by atoms with van der Waals surface area (Å²) in [6.45, 7) is 5.31. The van der Waals surface area contributed by atoms with E-state index in [1.165, 1.54) is 0 Å². The second kappa shape index (κ2) is 5.34. The molecule has 0 aliphatic carbocycles. The highest BCUT2D eigenvalue weighted by atomic mass is 14.9. The summed E-state index contributed by atoms with van der Waals surface area (Å²) in [5.41, 5.74) is 6.09. The van der Waals surface area contributed by atoms with Crippen molar-refractivity contribution in [1.29, 1.82) is 0 Å². The lowest BCUT2D eigenvalue weighted by atomic mass is 10.6. The molecule has 0 aliphatic heterocycles. The molecule has 1 aromatic heterocycles. The van der Waals surface area contributed by atoms with Gasteiger partial charge in [-0.3, -0.25) is 0 Å². The van der Waals surface area contributed by atoms with Gasteiger partial charge < -0.3 is 16.0 Å². The number of hydrogen-bond donors (Lipinski definition) is 3. The highest BCUT2D eigenvalue weighted by Crippen LogP contribution is 1.81. The number of aromatic nitrogens is 2. The van der Waals surface area contributed by atoms with Crippen molar-refractivity contribution in [3.05, 3.63) is 30.6 Å². The second-order valence-electron chi connectivity index (χ2n) is 2.01. The van der Waals surface area contributed by atoms with Gasteiger partial charge >= 0.3 is 0 Å². The molecule has 0 aromatic carbocycles. The minimum atomic E-state index is 0.505. The fraction of sp³-hybridized carbons (Fsp3) is 0.286. The number of hydrogen-bond acceptors (Lipinski definition) is 3. The lowest BCUT2D eigenvalue weighted by Gasteiger charge is -1.88. The number of aryl methyl sites for hydroxylation is 1. The van der Waals surface area contributed by atoms with Crippen LogP contribution in [0.4, 0.5) is 0 Å². The first-order chi connectivity index (χ1) is 5.16. The van der Waals surface area contributed by atoms with Crippen LogP contribution in [-0.4, -0.2) is 17.0 Å². The van der Waals surface area contributed by atoms with Crippen molar-refractivity contribution in [3.63, 3.8) is 0 Å². The molecule has 4 N–H and O–H groups in total. The van der Waals surface area contributed by atoms with E-state index < -0.39 is 0 Å². The summed E-state index contributed by atoms with van der Waals surface area (Å²) in [4.78, 5) is 6.66. The van der Waals surface area contributed by atoms with Crippen LogP contribution in [0.5, 0.6) is 0 Å². The SMILES string of the molecule is C=C(N)NC.Cc1cnc[nH]1. The maximum atomic E-state index is 4.99. The van der Waals surface area contributed by atoms with Crippen LogP contribution < -0.4 is 11.1 Å². The summed E-state index contributed by atoms with van der Waals surface area (Å²) in [6.07, 6.45) is 3.44. The van der Waals surface area contributed by atoms with Gasteiger partial charge in [0.25, 0.3) is 0 Å². The molecule has 0 radical (unpaired) electrons. The molecule has 0 spiro atoms. The lowest BCUT2D eigenvalue weighted by molar-refractivity contribution is 0.974. The number of imidazole rings is 1. The van der Waals surface area contributed by atoms with Gasteiger partial charge in [-0.15, -0.1) is 0 Å². The third kappa shape index (κ3) is 6.44. The summed E-state index contributed by atoms with van der Waals surface area (Å²) in [5, 5.41) is 2.61. The Labute approximate surface area is 66.5 Å². The van der Waals surface area contributed by atoms with Crippen LogP contribution in [-0.2, 0) is 0 Å². The molecule has 0 saturated heterocycles. The zero-order valence-electron chi connectivity index (χ0n) is 6.89. The number of nitrogens with zero attached hydrogens (tertiary/aromatic N) is 1. The minimum absolute atomic E-state index is 0.505.